The van der Waals surface area contributed by atoms with Gasteiger partial charge in [-0.05, 0) is 30.7 Å². The van der Waals surface area contributed by atoms with Crippen molar-refractivity contribution < 1.29 is 13.9 Å². The largest absolute Gasteiger partial charge is 0.439 e. The molecule has 0 radical (unpaired) electrons. The molecule has 1 aromatic carbocycles. The van der Waals surface area contributed by atoms with Crippen molar-refractivity contribution in [2.45, 2.75) is 31.9 Å². The minimum atomic E-state index is -0.541. The van der Waals surface area contributed by atoms with Crippen LogP contribution in [0, 0.1) is 5.82 Å². The molecule has 1 saturated heterocycles. The van der Waals surface area contributed by atoms with Crippen molar-refractivity contribution in [1.82, 2.24) is 9.88 Å². The second-order valence-corrected chi connectivity index (χ2v) is 5.74. The van der Waals surface area contributed by atoms with Gasteiger partial charge in [-0.3, -0.25) is 4.90 Å². The van der Waals surface area contributed by atoms with Crippen LogP contribution in [0.15, 0.2) is 34.9 Å². The van der Waals surface area contributed by atoms with E-state index in [0.29, 0.717) is 31.3 Å². The van der Waals surface area contributed by atoms with E-state index in [1.807, 2.05) is 0 Å². The SMILES string of the molecule is CCCC1(O)CN(Cc2ncc(-c3ccc(F)cc3)o2)C1. The summed E-state index contributed by atoms with van der Waals surface area (Å²) < 4.78 is 18.6. The van der Waals surface area contributed by atoms with Gasteiger partial charge < -0.3 is 9.52 Å². The highest BCUT2D eigenvalue weighted by Gasteiger charge is 2.40. The Balaban J connectivity index is 1.60. The predicted octanol–water partition coefficient (Wildman–Crippen LogP) is 2.83. The summed E-state index contributed by atoms with van der Waals surface area (Å²) >= 11 is 0. The molecule has 21 heavy (non-hydrogen) atoms. The number of aliphatic hydroxyl groups is 1. The highest BCUT2D eigenvalue weighted by atomic mass is 19.1. The molecular formula is C16H19FN2O2. The maximum Gasteiger partial charge on any atom is 0.209 e. The number of hydrogen-bond donors (Lipinski definition) is 1. The van der Waals surface area contributed by atoms with Crippen LogP contribution >= 0.6 is 0 Å². The zero-order chi connectivity index (χ0) is 14.9. The average molecular weight is 290 g/mol. The number of halogens is 1. The Morgan fingerprint density at radius 3 is 2.71 bits per heavy atom. The molecule has 0 atom stereocenters. The van der Waals surface area contributed by atoms with Crippen LogP contribution in [0.4, 0.5) is 4.39 Å². The molecule has 0 aliphatic carbocycles. The number of rotatable bonds is 5. The van der Waals surface area contributed by atoms with Gasteiger partial charge in [0.15, 0.2) is 5.76 Å². The van der Waals surface area contributed by atoms with Crippen LogP contribution in [0.25, 0.3) is 11.3 Å². The fourth-order valence-electron chi connectivity index (χ4n) is 2.84. The van der Waals surface area contributed by atoms with Crippen molar-refractivity contribution in [3.05, 3.63) is 42.2 Å². The van der Waals surface area contributed by atoms with Crippen molar-refractivity contribution >= 4 is 0 Å². The van der Waals surface area contributed by atoms with Crippen LogP contribution in [-0.2, 0) is 6.54 Å². The van der Waals surface area contributed by atoms with Gasteiger partial charge in [0.1, 0.15) is 5.82 Å². The first-order valence-corrected chi connectivity index (χ1v) is 7.23. The number of likely N-dealkylation sites (tertiary alicyclic amines) is 1. The van der Waals surface area contributed by atoms with Crippen molar-refractivity contribution in [2.24, 2.45) is 0 Å². The predicted molar refractivity (Wildman–Crippen MR) is 77.0 cm³/mol. The fraction of sp³-hybridized carbons (Fsp3) is 0.438. The van der Waals surface area contributed by atoms with Gasteiger partial charge in [-0.15, -0.1) is 0 Å². The lowest BCUT2D eigenvalue weighted by atomic mass is 9.89. The van der Waals surface area contributed by atoms with Crippen molar-refractivity contribution in [2.75, 3.05) is 13.1 Å². The number of hydrogen-bond acceptors (Lipinski definition) is 4. The minimum Gasteiger partial charge on any atom is -0.439 e. The molecule has 1 fully saturated rings. The maximum atomic E-state index is 12.9. The van der Waals surface area contributed by atoms with Gasteiger partial charge in [-0.25, -0.2) is 9.37 Å². The summed E-state index contributed by atoms with van der Waals surface area (Å²) in [5.41, 5.74) is 0.266. The molecule has 1 aliphatic rings. The fourth-order valence-corrected chi connectivity index (χ4v) is 2.84. The van der Waals surface area contributed by atoms with E-state index in [4.69, 9.17) is 4.42 Å². The normalized spacial score (nSPS) is 17.7. The van der Waals surface area contributed by atoms with Gasteiger partial charge in [0.25, 0.3) is 0 Å². The molecule has 2 aromatic rings. The molecule has 0 spiro atoms. The molecule has 0 bridgehead atoms. The van der Waals surface area contributed by atoms with Gasteiger partial charge >= 0.3 is 0 Å². The number of β-amino-alcohol motifs (C(OH)–C–C–N with tert-alkyl or cyclic N) is 1. The summed E-state index contributed by atoms with van der Waals surface area (Å²) in [6.07, 6.45) is 3.47. The van der Waals surface area contributed by atoms with Crippen LogP contribution in [0.5, 0.6) is 0 Å². The summed E-state index contributed by atoms with van der Waals surface area (Å²) in [5, 5.41) is 10.1. The van der Waals surface area contributed by atoms with Crippen molar-refractivity contribution in [3.63, 3.8) is 0 Å². The van der Waals surface area contributed by atoms with E-state index in [-0.39, 0.29) is 5.82 Å². The van der Waals surface area contributed by atoms with E-state index in [2.05, 4.69) is 16.8 Å². The van der Waals surface area contributed by atoms with Gasteiger partial charge in [0, 0.05) is 18.7 Å². The standard InChI is InChI=1S/C16H19FN2O2/c1-2-7-16(20)10-19(11-16)9-15-18-8-14(21-15)12-3-5-13(17)6-4-12/h3-6,8,20H,2,7,9-11H2,1H3. The number of aromatic nitrogens is 1. The summed E-state index contributed by atoms with van der Waals surface area (Å²) in [6.45, 7) is 3.99. The first-order chi connectivity index (χ1) is 10.1. The van der Waals surface area contributed by atoms with E-state index in [9.17, 15) is 9.50 Å². The third-order valence-electron chi connectivity index (χ3n) is 3.79. The zero-order valence-electron chi connectivity index (χ0n) is 12.1. The van der Waals surface area contributed by atoms with Crippen molar-refractivity contribution in [1.29, 1.82) is 0 Å². The Morgan fingerprint density at radius 2 is 2.05 bits per heavy atom. The van der Waals surface area contributed by atoms with Gasteiger partial charge in [0.2, 0.25) is 5.89 Å². The quantitative estimate of drug-likeness (QED) is 0.920. The third kappa shape index (κ3) is 3.14. The summed E-state index contributed by atoms with van der Waals surface area (Å²) in [7, 11) is 0. The average Bonchev–Trinajstić information content (AvgIpc) is 2.87. The Labute approximate surface area is 123 Å². The minimum absolute atomic E-state index is 0.269. The van der Waals surface area contributed by atoms with Gasteiger partial charge in [-0.2, -0.15) is 0 Å². The Morgan fingerprint density at radius 1 is 1.33 bits per heavy atom. The highest BCUT2D eigenvalue weighted by molar-refractivity contribution is 5.55. The lowest BCUT2D eigenvalue weighted by Crippen LogP contribution is -2.60. The molecular weight excluding hydrogens is 271 g/mol. The first kappa shape index (κ1) is 14.2. The smallest absolute Gasteiger partial charge is 0.209 e. The Hall–Kier alpha value is -1.72. The summed E-state index contributed by atoms with van der Waals surface area (Å²) in [5.74, 6) is 0.983. The monoisotopic (exact) mass is 290 g/mol. The summed E-state index contributed by atoms with van der Waals surface area (Å²) in [4.78, 5) is 6.35. The van der Waals surface area contributed by atoms with Gasteiger partial charge in [-0.1, -0.05) is 13.3 Å². The van der Waals surface area contributed by atoms with E-state index >= 15 is 0 Å². The lowest BCUT2D eigenvalue weighted by Gasteiger charge is -2.46. The van der Waals surface area contributed by atoms with E-state index < -0.39 is 5.60 Å². The Kier molecular flexibility index (Phi) is 3.78. The number of oxazole rings is 1. The molecule has 0 unspecified atom stereocenters. The zero-order valence-corrected chi connectivity index (χ0v) is 12.1. The lowest BCUT2D eigenvalue weighted by molar-refractivity contribution is -0.109. The molecule has 5 heteroatoms. The molecule has 3 rings (SSSR count). The number of benzene rings is 1. The van der Waals surface area contributed by atoms with Gasteiger partial charge in [0.05, 0.1) is 18.3 Å². The van der Waals surface area contributed by atoms with Crippen LogP contribution in [0.3, 0.4) is 0 Å². The molecule has 1 N–H and O–H groups in total. The van der Waals surface area contributed by atoms with Crippen molar-refractivity contribution in [3.8, 4) is 11.3 Å². The van der Waals surface area contributed by atoms with Crippen LogP contribution in [0.1, 0.15) is 25.7 Å². The van der Waals surface area contributed by atoms with Crippen LogP contribution in [0.2, 0.25) is 0 Å². The topological polar surface area (TPSA) is 49.5 Å². The molecule has 0 amide bonds. The molecule has 112 valence electrons. The van der Waals surface area contributed by atoms with Crippen LogP contribution in [-0.4, -0.2) is 33.7 Å². The third-order valence-corrected chi connectivity index (χ3v) is 3.79. The van der Waals surface area contributed by atoms with Crippen LogP contribution < -0.4 is 0 Å². The summed E-state index contributed by atoms with van der Waals surface area (Å²) in [6, 6.07) is 6.14. The highest BCUT2D eigenvalue weighted by Crippen LogP contribution is 2.28. The molecule has 0 saturated carbocycles. The Bertz CT molecular complexity index is 603. The second-order valence-electron chi connectivity index (χ2n) is 5.74. The van der Waals surface area contributed by atoms with E-state index in [1.54, 1.807) is 18.3 Å². The molecule has 1 aromatic heterocycles. The maximum absolute atomic E-state index is 12.9. The number of nitrogens with zero attached hydrogens (tertiary/aromatic N) is 2. The van der Waals surface area contributed by atoms with E-state index in [1.165, 1.54) is 12.1 Å². The first-order valence-electron chi connectivity index (χ1n) is 7.23. The second kappa shape index (κ2) is 5.58. The molecule has 1 aliphatic heterocycles. The van der Waals surface area contributed by atoms with E-state index in [0.717, 1.165) is 18.4 Å². The molecule has 4 nitrogen and oxygen atoms in total. The molecule has 2 heterocycles.